The lowest BCUT2D eigenvalue weighted by Gasteiger charge is -2.13. The van der Waals surface area contributed by atoms with Gasteiger partial charge in [0.15, 0.2) is 5.76 Å². The minimum Gasteiger partial charge on any atom is -0.455 e. The van der Waals surface area contributed by atoms with Crippen LogP contribution in [0.3, 0.4) is 0 Å². The summed E-state index contributed by atoms with van der Waals surface area (Å²) in [6.07, 6.45) is 2.24. The van der Waals surface area contributed by atoms with E-state index in [9.17, 15) is 9.59 Å². The molecule has 0 fully saturated rings. The van der Waals surface area contributed by atoms with Crippen LogP contribution in [-0.4, -0.2) is 17.6 Å². The maximum atomic E-state index is 12.8. The highest BCUT2D eigenvalue weighted by atomic mass is 16.4. The van der Waals surface area contributed by atoms with Crippen molar-refractivity contribution >= 4 is 23.3 Å². The number of nitrogens with two attached hydrogens (primary N) is 1. The second kappa shape index (κ2) is 7.03. The molecule has 0 saturated carbocycles. The second-order valence-corrected chi connectivity index (χ2v) is 6.44. The predicted octanol–water partition coefficient (Wildman–Crippen LogP) is 3.17. The fourth-order valence-corrected chi connectivity index (χ4v) is 3.18. The number of aryl methyl sites for hydroxylation is 2. The summed E-state index contributed by atoms with van der Waals surface area (Å²) in [4.78, 5) is 23.7. The number of carbonyl (C=O) groups is 2. The van der Waals surface area contributed by atoms with Crippen LogP contribution < -0.4 is 16.5 Å². The summed E-state index contributed by atoms with van der Waals surface area (Å²) in [6, 6.07) is 5.04. The van der Waals surface area contributed by atoms with Crippen molar-refractivity contribution in [1.82, 2.24) is 5.43 Å². The fourth-order valence-electron chi connectivity index (χ4n) is 3.18. The van der Waals surface area contributed by atoms with Gasteiger partial charge < -0.3 is 15.5 Å². The summed E-state index contributed by atoms with van der Waals surface area (Å²) in [5.41, 5.74) is 12.4. The van der Waals surface area contributed by atoms with Crippen LogP contribution >= 0.6 is 0 Å². The average Bonchev–Trinajstić information content (AvgIpc) is 2.95. The molecule has 0 unspecified atom stereocenters. The number of amides is 3. The standard InChI is InChI=1S/C19H22N4O3/c1-10-6-4-7-13(11(10)2)21-18(24)17-12(3)16-14(22-23-19(20)25)8-5-9-15(16)26-17/h4,6-7H,5,8-9H2,1-3H3,(H,21,24)(H3,20,23,25)/b22-14+. The first-order valence-electron chi connectivity index (χ1n) is 8.50. The van der Waals surface area contributed by atoms with Crippen molar-refractivity contribution in [2.24, 2.45) is 10.8 Å². The Balaban J connectivity index is 1.92. The normalized spacial score (nSPS) is 14.8. The molecule has 7 nitrogen and oxygen atoms in total. The molecule has 3 rings (SSSR count). The van der Waals surface area contributed by atoms with Crippen molar-refractivity contribution in [3.63, 3.8) is 0 Å². The highest BCUT2D eigenvalue weighted by Crippen LogP contribution is 2.30. The Morgan fingerprint density at radius 1 is 1.15 bits per heavy atom. The Bertz CT molecular complexity index is 912. The summed E-state index contributed by atoms with van der Waals surface area (Å²) in [5.74, 6) is 0.683. The molecule has 0 aliphatic heterocycles. The molecule has 0 atom stereocenters. The molecule has 1 aromatic heterocycles. The van der Waals surface area contributed by atoms with Gasteiger partial charge >= 0.3 is 6.03 Å². The largest absolute Gasteiger partial charge is 0.455 e. The molecule has 26 heavy (non-hydrogen) atoms. The highest BCUT2D eigenvalue weighted by Gasteiger charge is 2.28. The topological polar surface area (TPSA) is 110 Å². The Morgan fingerprint density at radius 2 is 1.92 bits per heavy atom. The maximum Gasteiger partial charge on any atom is 0.332 e. The lowest BCUT2D eigenvalue weighted by molar-refractivity contribution is 0.0994. The highest BCUT2D eigenvalue weighted by molar-refractivity contribution is 6.09. The maximum absolute atomic E-state index is 12.8. The number of primary amides is 1. The number of anilines is 1. The smallest absolute Gasteiger partial charge is 0.332 e. The summed E-state index contributed by atoms with van der Waals surface area (Å²) in [6.45, 7) is 5.78. The molecule has 1 aliphatic rings. The van der Waals surface area contributed by atoms with Crippen LogP contribution in [0.1, 0.15) is 51.4 Å². The molecule has 7 heteroatoms. The van der Waals surface area contributed by atoms with Crippen molar-refractivity contribution in [1.29, 1.82) is 0 Å². The van der Waals surface area contributed by atoms with Crippen LogP contribution in [0.15, 0.2) is 27.7 Å². The van der Waals surface area contributed by atoms with Gasteiger partial charge in [-0.1, -0.05) is 12.1 Å². The molecule has 0 saturated heterocycles. The molecule has 1 heterocycles. The third-order valence-corrected chi connectivity index (χ3v) is 4.69. The number of urea groups is 1. The molecule has 1 aliphatic carbocycles. The van der Waals surface area contributed by atoms with E-state index in [4.69, 9.17) is 10.2 Å². The van der Waals surface area contributed by atoms with Gasteiger partial charge in [0.2, 0.25) is 0 Å². The lowest BCUT2D eigenvalue weighted by Crippen LogP contribution is -2.27. The van der Waals surface area contributed by atoms with E-state index in [0.29, 0.717) is 23.5 Å². The van der Waals surface area contributed by atoms with Crippen molar-refractivity contribution in [3.05, 3.63) is 52.0 Å². The van der Waals surface area contributed by atoms with Crippen molar-refractivity contribution in [2.45, 2.75) is 40.0 Å². The first kappa shape index (κ1) is 17.7. The number of furan rings is 1. The molecule has 3 amide bonds. The van der Waals surface area contributed by atoms with Gasteiger partial charge in [-0.05, 0) is 50.8 Å². The van der Waals surface area contributed by atoms with E-state index in [1.54, 1.807) is 0 Å². The fraction of sp³-hybridized carbons (Fsp3) is 0.316. The van der Waals surface area contributed by atoms with Gasteiger partial charge in [-0.2, -0.15) is 5.10 Å². The van der Waals surface area contributed by atoms with E-state index in [-0.39, 0.29) is 11.7 Å². The predicted molar refractivity (Wildman–Crippen MR) is 99.5 cm³/mol. The minimum absolute atomic E-state index is 0.268. The second-order valence-electron chi connectivity index (χ2n) is 6.44. The zero-order valence-corrected chi connectivity index (χ0v) is 15.1. The van der Waals surface area contributed by atoms with Gasteiger partial charge in [-0.3, -0.25) is 4.79 Å². The quantitative estimate of drug-likeness (QED) is 0.736. The minimum atomic E-state index is -0.723. The van der Waals surface area contributed by atoms with Gasteiger partial charge in [0.25, 0.3) is 5.91 Å². The summed E-state index contributed by atoms with van der Waals surface area (Å²) >= 11 is 0. The molecule has 0 bridgehead atoms. The molecule has 0 radical (unpaired) electrons. The third kappa shape index (κ3) is 3.33. The molecular formula is C19H22N4O3. The van der Waals surface area contributed by atoms with Crippen molar-refractivity contribution in [3.8, 4) is 0 Å². The third-order valence-electron chi connectivity index (χ3n) is 4.69. The SMILES string of the molecule is Cc1cccc(NC(=O)c2oc3c(c2C)/C(=N/NC(N)=O)CCC3)c1C. The zero-order valence-electron chi connectivity index (χ0n) is 15.1. The van der Waals surface area contributed by atoms with Crippen LogP contribution in [0.2, 0.25) is 0 Å². The van der Waals surface area contributed by atoms with Gasteiger partial charge in [0, 0.05) is 23.2 Å². The van der Waals surface area contributed by atoms with E-state index in [1.165, 1.54) is 0 Å². The van der Waals surface area contributed by atoms with Crippen LogP contribution in [0, 0.1) is 20.8 Å². The number of hydrogen-bond acceptors (Lipinski definition) is 4. The van der Waals surface area contributed by atoms with E-state index in [0.717, 1.165) is 35.2 Å². The van der Waals surface area contributed by atoms with Crippen LogP contribution in [0.25, 0.3) is 0 Å². The first-order chi connectivity index (χ1) is 12.4. The van der Waals surface area contributed by atoms with Crippen LogP contribution in [-0.2, 0) is 6.42 Å². The number of benzene rings is 1. The number of hydrogen-bond donors (Lipinski definition) is 3. The number of nitrogens with one attached hydrogen (secondary N) is 2. The number of nitrogens with zero attached hydrogens (tertiary/aromatic N) is 1. The van der Waals surface area contributed by atoms with E-state index in [1.807, 2.05) is 39.0 Å². The zero-order chi connectivity index (χ0) is 18.8. The van der Waals surface area contributed by atoms with Crippen LogP contribution in [0.5, 0.6) is 0 Å². The van der Waals surface area contributed by atoms with Gasteiger partial charge in [-0.15, -0.1) is 0 Å². The average molecular weight is 354 g/mol. The van der Waals surface area contributed by atoms with Gasteiger partial charge in [0.1, 0.15) is 5.76 Å². The summed E-state index contributed by atoms with van der Waals surface area (Å²) in [7, 11) is 0. The molecule has 0 spiro atoms. The van der Waals surface area contributed by atoms with Crippen molar-refractivity contribution in [2.75, 3.05) is 5.32 Å². The molecule has 1 aromatic carbocycles. The Labute approximate surface area is 151 Å². The first-order valence-corrected chi connectivity index (χ1v) is 8.50. The molecular weight excluding hydrogens is 332 g/mol. The lowest BCUT2D eigenvalue weighted by atomic mass is 9.93. The Kier molecular flexibility index (Phi) is 4.79. The number of fused-ring (bicyclic) bond motifs is 1. The van der Waals surface area contributed by atoms with Crippen LogP contribution in [0.4, 0.5) is 10.5 Å². The monoisotopic (exact) mass is 354 g/mol. The number of rotatable bonds is 3. The van der Waals surface area contributed by atoms with Gasteiger partial charge in [-0.25, -0.2) is 10.2 Å². The Morgan fingerprint density at radius 3 is 2.65 bits per heavy atom. The Hall–Kier alpha value is -3.09. The summed E-state index contributed by atoms with van der Waals surface area (Å²) < 4.78 is 5.84. The number of hydrazone groups is 1. The molecule has 2 aromatic rings. The van der Waals surface area contributed by atoms with E-state index < -0.39 is 6.03 Å². The van der Waals surface area contributed by atoms with Gasteiger partial charge in [0.05, 0.1) is 5.71 Å². The van der Waals surface area contributed by atoms with Crippen molar-refractivity contribution < 1.29 is 14.0 Å². The van der Waals surface area contributed by atoms with E-state index >= 15 is 0 Å². The number of carbonyl (C=O) groups excluding carboxylic acids is 2. The van der Waals surface area contributed by atoms with E-state index in [2.05, 4.69) is 15.8 Å². The summed E-state index contributed by atoms with van der Waals surface area (Å²) in [5, 5.41) is 6.99. The molecule has 4 N–H and O–H groups in total. The molecule has 136 valence electrons.